The van der Waals surface area contributed by atoms with Gasteiger partial charge in [-0.25, -0.2) is 4.18 Å². The van der Waals surface area contributed by atoms with Crippen LogP contribution in [-0.2, 0) is 24.1 Å². The second-order valence-electron chi connectivity index (χ2n) is 5.59. The highest BCUT2D eigenvalue weighted by Crippen LogP contribution is 2.23. The van der Waals surface area contributed by atoms with Crippen LogP contribution in [-0.4, -0.2) is 72.2 Å². The van der Waals surface area contributed by atoms with E-state index in [2.05, 4.69) is 10.8 Å². The van der Waals surface area contributed by atoms with Crippen LogP contribution in [0.4, 0.5) is 0 Å². The molecule has 0 radical (unpaired) electrons. The van der Waals surface area contributed by atoms with Gasteiger partial charge in [0.15, 0.2) is 6.29 Å². The minimum absolute atomic E-state index is 0.268. The van der Waals surface area contributed by atoms with Gasteiger partial charge in [0.1, 0.15) is 24.4 Å². The number of hydrogen-bond donors (Lipinski definition) is 4. The van der Waals surface area contributed by atoms with Crippen molar-refractivity contribution < 1.29 is 41.9 Å². The monoisotopic (exact) mass is 370 g/mol. The first-order valence-electron chi connectivity index (χ1n) is 7.80. The molecule has 1 heterocycles. The Morgan fingerprint density at radius 2 is 1.71 bits per heavy atom. The smallest absolute Gasteiger partial charge is 0.387 e. The van der Waals surface area contributed by atoms with Crippen molar-refractivity contribution in [2.75, 3.05) is 13.2 Å². The minimum atomic E-state index is -4.71. The highest BCUT2D eigenvalue weighted by Gasteiger charge is 2.44. The molecular weight excluding hydrogens is 344 g/mol. The lowest BCUT2D eigenvalue weighted by Gasteiger charge is -2.39. The average Bonchev–Trinajstić information content (AvgIpc) is 2.52. The first kappa shape index (κ1) is 21.5. The molecule has 1 aliphatic rings. The highest BCUT2D eigenvalue weighted by molar-refractivity contribution is 7.80. The van der Waals surface area contributed by atoms with Crippen LogP contribution in [0, 0.1) is 0 Å². The zero-order valence-electron chi connectivity index (χ0n) is 13.4. The normalized spacial score (nSPS) is 31.1. The molecule has 0 spiro atoms. The molecule has 0 aromatic heterocycles. The maximum absolute atomic E-state index is 10.6. The number of hydrogen-bond acceptors (Lipinski definition) is 8. The molecule has 24 heavy (non-hydrogen) atoms. The Balaban J connectivity index is 2.40. The molecule has 1 saturated heterocycles. The highest BCUT2D eigenvalue weighted by atomic mass is 32.3. The molecule has 0 bridgehead atoms. The summed E-state index contributed by atoms with van der Waals surface area (Å²) in [7, 11) is -4.71. The van der Waals surface area contributed by atoms with Crippen LogP contribution in [0.3, 0.4) is 0 Å². The lowest BCUT2D eigenvalue weighted by atomic mass is 9.99. The summed E-state index contributed by atoms with van der Waals surface area (Å²) in [5, 5.41) is 29.4. The first-order valence-corrected chi connectivity index (χ1v) is 9.16. The molecule has 142 valence electrons. The molecule has 1 rings (SSSR count). The molecule has 0 unspecified atom stereocenters. The van der Waals surface area contributed by atoms with Gasteiger partial charge in [0, 0.05) is 6.61 Å². The Hall–Kier alpha value is -0.590. The Morgan fingerprint density at radius 3 is 2.33 bits per heavy atom. The summed E-state index contributed by atoms with van der Waals surface area (Å²) in [4.78, 5) is 0. The minimum Gasteiger partial charge on any atom is -0.387 e. The summed E-state index contributed by atoms with van der Waals surface area (Å²) in [6, 6.07) is 0. The molecule has 0 aromatic carbocycles. The molecule has 0 amide bonds. The van der Waals surface area contributed by atoms with Crippen molar-refractivity contribution >= 4 is 10.4 Å². The molecule has 4 N–H and O–H groups in total. The van der Waals surface area contributed by atoms with E-state index in [1.165, 1.54) is 0 Å². The van der Waals surface area contributed by atoms with E-state index in [1.807, 2.05) is 6.08 Å². The van der Waals surface area contributed by atoms with E-state index in [9.17, 15) is 23.7 Å². The second-order valence-corrected chi connectivity index (χ2v) is 6.68. The van der Waals surface area contributed by atoms with Gasteiger partial charge in [0.25, 0.3) is 0 Å². The van der Waals surface area contributed by atoms with E-state index in [1.54, 1.807) is 0 Å². The molecule has 1 fully saturated rings. The van der Waals surface area contributed by atoms with Crippen LogP contribution >= 0.6 is 0 Å². The summed E-state index contributed by atoms with van der Waals surface area (Å²) in [5.74, 6) is 0. The van der Waals surface area contributed by atoms with Crippen LogP contribution < -0.4 is 0 Å². The third kappa shape index (κ3) is 7.53. The van der Waals surface area contributed by atoms with E-state index in [0.29, 0.717) is 6.42 Å². The zero-order chi connectivity index (χ0) is 18.2. The van der Waals surface area contributed by atoms with Gasteiger partial charge < -0.3 is 24.8 Å². The van der Waals surface area contributed by atoms with Gasteiger partial charge in [-0.3, -0.25) is 4.55 Å². The van der Waals surface area contributed by atoms with Crippen LogP contribution in [0.1, 0.15) is 32.1 Å². The molecule has 0 aliphatic carbocycles. The van der Waals surface area contributed by atoms with Crippen LogP contribution in [0.2, 0.25) is 0 Å². The van der Waals surface area contributed by atoms with E-state index < -0.39 is 47.7 Å². The summed E-state index contributed by atoms with van der Waals surface area (Å²) in [5.41, 5.74) is 0. The van der Waals surface area contributed by atoms with Crippen molar-refractivity contribution in [1.29, 1.82) is 0 Å². The van der Waals surface area contributed by atoms with E-state index >= 15 is 0 Å². The molecule has 0 saturated carbocycles. The first-order chi connectivity index (χ1) is 11.3. The van der Waals surface area contributed by atoms with E-state index in [-0.39, 0.29) is 6.61 Å². The quantitative estimate of drug-likeness (QED) is 0.220. The fourth-order valence-electron chi connectivity index (χ4n) is 2.29. The number of unbranched alkanes of at least 4 members (excludes halogenated alkanes) is 4. The lowest BCUT2D eigenvalue weighted by Crippen LogP contribution is -2.59. The fourth-order valence-corrected chi connectivity index (χ4v) is 2.59. The Bertz CT molecular complexity index is 467. The number of ether oxygens (including phenoxy) is 2. The standard InChI is InChI=1S/C14H26O9S/c1-2-3-4-5-6-7-8-21-14-13(17)12(16)11(15)10(23-14)9-22-24(18,19)20/h2,10-17H,1,3-9H2,(H,18,19,20)/t10-,11-,12+,13-,14+/m1/s1. The third-order valence-electron chi connectivity index (χ3n) is 3.63. The summed E-state index contributed by atoms with van der Waals surface area (Å²) in [6.07, 6.45) is -0.688. The third-order valence-corrected chi connectivity index (χ3v) is 4.07. The Morgan fingerprint density at radius 1 is 1.04 bits per heavy atom. The fraction of sp³-hybridized carbons (Fsp3) is 0.857. The van der Waals surface area contributed by atoms with Gasteiger partial charge in [-0.15, -0.1) is 6.58 Å². The summed E-state index contributed by atoms with van der Waals surface area (Å²) >= 11 is 0. The van der Waals surface area contributed by atoms with E-state index in [4.69, 9.17) is 14.0 Å². The van der Waals surface area contributed by atoms with Gasteiger partial charge in [-0.05, 0) is 19.3 Å². The maximum Gasteiger partial charge on any atom is 0.397 e. The molecular formula is C14H26O9S. The number of aliphatic hydroxyl groups is 3. The summed E-state index contributed by atoms with van der Waals surface area (Å²) in [6.45, 7) is 3.19. The predicted octanol–water partition coefficient (Wildman–Crippen LogP) is -0.233. The SMILES string of the molecule is C=CCCCCCCO[C@H]1O[C@H](COS(=O)(=O)O)[C@@H](O)[C@H](O)[C@H]1O. The number of allylic oxidation sites excluding steroid dienone is 1. The van der Waals surface area contributed by atoms with Crippen molar-refractivity contribution in [2.45, 2.75) is 62.8 Å². The van der Waals surface area contributed by atoms with Crippen molar-refractivity contribution in [1.82, 2.24) is 0 Å². The van der Waals surface area contributed by atoms with Crippen LogP contribution in [0.15, 0.2) is 12.7 Å². The maximum atomic E-state index is 10.6. The Kier molecular flexibility index (Phi) is 9.31. The number of aliphatic hydroxyl groups excluding tert-OH is 3. The van der Waals surface area contributed by atoms with Gasteiger partial charge in [-0.1, -0.05) is 18.9 Å². The van der Waals surface area contributed by atoms with Crippen LogP contribution in [0.25, 0.3) is 0 Å². The van der Waals surface area contributed by atoms with Crippen molar-refractivity contribution in [3.05, 3.63) is 12.7 Å². The molecule has 1 aliphatic heterocycles. The summed E-state index contributed by atoms with van der Waals surface area (Å²) < 4.78 is 44.4. The van der Waals surface area contributed by atoms with Gasteiger partial charge in [0.2, 0.25) is 0 Å². The van der Waals surface area contributed by atoms with Gasteiger partial charge in [-0.2, -0.15) is 8.42 Å². The molecule has 10 heteroatoms. The van der Waals surface area contributed by atoms with E-state index in [0.717, 1.165) is 25.7 Å². The lowest BCUT2D eigenvalue weighted by molar-refractivity contribution is -0.300. The Labute approximate surface area is 141 Å². The van der Waals surface area contributed by atoms with Crippen molar-refractivity contribution in [3.8, 4) is 0 Å². The van der Waals surface area contributed by atoms with Crippen molar-refractivity contribution in [3.63, 3.8) is 0 Å². The van der Waals surface area contributed by atoms with Gasteiger partial charge >= 0.3 is 10.4 Å². The molecule has 0 aromatic rings. The average molecular weight is 370 g/mol. The number of rotatable bonds is 11. The van der Waals surface area contributed by atoms with Gasteiger partial charge in [0.05, 0.1) is 6.61 Å². The predicted molar refractivity (Wildman–Crippen MR) is 83.4 cm³/mol. The molecule has 5 atom stereocenters. The topological polar surface area (TPSA) is 143 Å². The molecule has 9 nitrogen and oxygen atoms in total. The second kappa shape index (κ2) is 10.4. The zero-order valence-corrected chi connectivity index (χ0v) is 14.2. The van der Waals surface area contributed by atoms with Crippen LogP contribution in [0.5, 0.6) is 0 Å². The largest absolute Gasteiger partial charge is 0.397 e. The van der Waals surface area contributed by atoms with Crippen molar-refractivity contribution in [2.24, 2.45) is 0 Å².